The van der Waals surface area contributed by atoms with E-state index < -0.39 is 11.7 Å². The molecule has 104 valence electrons. The molecule has 5 heteroatoms. The lowest BCUT2D eigenvalue weighted by atomic mass is 9.93. The van der Waals surface area contributed by atoms with Crippen molar-refractivity contribution in [1.82, 2.24) is 10.2 Å². The lowest BCUT2D eigenvalue weighted by Crippen LogP contribution is -2.53. The van der Waals surface area contributed by atoms with Crippen molar-refractivity contribution in [1.29, 1.82) is 0 Å². The molecule has 1 saturated heterocycles. The van der Waals surface area contributed by atoms with Crippen molar-refractivity contribution in [3.8, 4) is 0 Å². The Morgan fingerprint density at radius 2 is 1.94 bits per heavy atom. The van der Waals surface area contributed by atoms with Gasteiger partial charge in [0.15, 0.2) is 0 Å². The Morgan fingerprint density at radius 3 is 2.44 bits per heavy atom. The first kappa shape index (κ1) is 14.8. The van der Waals surface area contributed by atoms with Gasteiger partial charge in [0.25, 0.3) is 0 Å². The second kappa shape index (κ2) is 5.59. The highest BCUT2D eigenvalue weighted by atomic mass is 16.6. The maximum absolute atomic E-state index is 11.7. The molecule has 5 nitrogen and oxygen atoms in total. The molecule has 1 rings (SSSR count). The number of rotatable bonds is 1. The minimum atomic E-state index is -0.498. The largest absolute Gasteiger partial charge is 0.444 e. The molecule has 0 aromatic heterocycles. The van der Waals surface area contributed by atoms with Crippen LogP contribution in [-0.4, -0.2) is 41.6 Å². The normalized spacial score (nSPS) is 24.6. The van der Waals surface area contributed by atoms with Crippen LogP contribution in [0.15, 0.2) is 0 Å². The predicted octanol–water partition coefficient (Wildman–Crippen LogP) is 1.77. The Balaban J connectivity index is 2.53. The number of hydrogen-bond donors (Lipinski definition) is 1. The zero-order valence-corrected chi connectivity index (χ0v) is 11.9. The number of ether oxygens (including phenoxy) is 1. The number of amides is 2. The Kier molecular flexibility index (Phi) is 4.59. The summed E-state index contributed by atoms with van der Waals surface area (Å²) in [7, 11) is 0. The van der Waals surface area contributed by atoms with Gasteiger partial charge in [-0.2, -0.15) is 0 Å². The average molecular weight is 256 g/mol. The zero-order chi connectivity index (χ0) is 13.9. The van der Waals surface area contributed by atoms with Gasteiger partial charge in [0.1, 0.15) is 5.60 Å². The fourth-order valence-electron chi connectivity index (χ4n) is 2.00. The molecule has 0 aromatic carbocycles. The monoisotopic (exact) mass is 256 g/mol. The number of hydrogen-bond acceptors (Lipinski definition) is 3. The van der Waals surface area contributed by atoms with Crippen molar-refractivity contribution in [2.75, 3.05) is 13.1 Å². The molecule has 0 radical (unpaired) electrons. The summed E-state index contributed by atoms with van der Waals surface area (Å²) in [5.74, 6) is 0.408. The van der Waals surface area contributed by atoms with E-state index in [1.165, 1.54) is 0 Å². The van der Waals surface area contributed by atoms with Crippen LogP contribution in [0.1, 0.15) is 41.0 Å². The van der Waals surface area contributed by atoms with Gasteiger partial charge >= 0.3 is 6.09 Å². The molecule has 18 heavy (non-hydrogen) atoms. The van der Waals surface area contributed by atoms with Gasteiger partial charge in [-0.15, -0.1) is 0 Å². The molecule has 1 aliphatic heterocycles. The summed E-state index contributed by atoms with van der Waals surface area (Å²) >= 11 is 0. The molecule has 0 aliphatic carbocycles. The first-order valence-corrected chi connectivity index (χ1v) is 6.44. The quantitative estimate of drug-likeness (QED) is 0.778. The number of likely N-dealkylation sites (tertiary alicyclic amines) is 1. The van der Waals surface area contributed by atoms with E-state index in [4.69, 9.17) is 4.74 Å². The van der Waals surface area contributed by atoms with Crippen LogP contribution in [-0.2, 0) is 9.53 Å². The second-order valence-corrected chi connectivity index (χ2v) is 5.98. The fraction of sp³-hybridized carbons (Fsp3) is 0.846. The van der Waals surface area contributed by atoms with Crippen LogP contribution in [0.4, 0.5) is 4.79 Å². The van der Waals surface area contributed by atoms with E-state index in [0.717, 1.165) is 13.0 Å². The number of nitrogens with one attached hydrogen (secondary N) is 1. The van der Waals surface area contributed by atoms with Crippen LogP contribution in [0.2, 0.25) is 0 Å². The average Bonchev–Trinajstić information content (AvgIpc) is 2.18. The Labute approximate surface area is 109 Å². The zero-order valence-electron chi connectivity index (χ0n) is 11.9. The van der Waals surface area contributed by atoms with Crippen molar-refractivity contribution >= 4 is 12.0 Å². The summed E-state index contributed by atoms with van der Waals surface area (Å²) in [6.45, 7) is 10.5. The van der Waals surface area contributed by atoms with Crippen molar-refractivity contribution in [3.05, 3.63) is 0 Å². The van der Waals surface area contributed by atoms with Crippen molar-refractivity contribution in [2.45, 2.75) is 52.7 Å². The first-order valence-electron chi connectivity index (χ1n) is 6.44. The van der Waals surface area contributed by atoms with Gasteiger partial charge in [0.05, 0.1) is 6.04 Å². The van der Waals surface area contributed by atoms with Gasteiger partial charge in [-0.05, 0) is 33.1 Å². The van der Waals surface area contributed by atoms with Crippen LogP contribution >= 0.6 is 0 Å². The maximum Gasteiger partial charge on any atom is 0.407 e. The van der Waals surface area contributed by atoms with Crippen LogP contribution in [0.3, 0.4) is 0 Å². The molecule has 1 aliphatic rings. The molecule has 0 spiro atoms. The van der Waals surface area contributed by atoms with E-state index in [1.807, 2.05) is 20.8 Å². The molecule has 1 fully saturated rings. The number of nitrogens with zero attached hydrogens (tertiary/aromatic N) is 1. The minimum absolute atomic E-state index is 0.0301. The van der Waals surface area contributed by atoms with Gasteiger partial charge in [-0.3, -0.25) is 4.79 Å². The summed E-state index contributed by atoms with van der Waals surface area (Å²) in [6.07, 6.45) is 0.491. The molecule has 1 N–H and O–H groups in total. The second-order valence-electron chi connectivity index (χ2n) is 5.98. The summed E-state index contributed by atoms with van der Waals surface area (Å²) in [5, 5.41) is 2.85. The maximum atomic E-state index is 11.7. The Bertz CT molecular complexity index is 323. The topological polar surface area (TPSA) is 58.6 Å². The molecule has 0 bridgehead atoms. The van der Waals surface area contributed by atoms with Gasteiger partial charge in [-0.1, -0.05) is 6.92 Å². The lowest BCUT2D eigenvalue weighted by molar-refractivity contribution is -0.130. The predicted molar refractivity (Wildman–Crippen MR) is 69.2 cm³/mol. The third-order valence-electron chi connectivity index (χ3n) is 3.11. The minimum Gasteiger partial charge on any atom is -0.444 e. The number of carbonyl (C=O) groups excluding carboxylic acids is 2. The highest BCUT2D eigenvalue weighted by Crippen LogP contribution is 2.18. The van der Waals surface area contributed by atoms with Crippen LogP contribution < -0.4 is 5.32 Å². The summed E-state index contributed by atoms with van der Waals surface area (Å²) in [5.41, 5.74) is -0.498. The number of alkyl carbamates (subject to hydrolysis) is 1. The van der Waals surface area contributed by atoms with Gasteiger partial charge < -0.3 is 15.0 Å². The van der Waals surface area contributed by atoms with Gasteiger partial charge in [0, 0.05) is 20.0 Å². The smallest absolute Gasteiger partial charge is 0.407 e. The van der Waals surface area contributed by atoms with Crippen LogP contribution in [0.25, 0.3) is 0 Å². The van der Waals surface area contributed by atoms with Gasteiger partial charge in [0.2, 0.25) is 5.91 Å². The molecule has 1 heterocycles. The summed E-state index contributed by atoms with van der Waals surface area (Å²) in [6, 6.07) is -0.0301. The molecule has 0 saturated carbocycles. The molecule has 2 amide bonds. The molecule has 0 aromatic rings. The highest BCUT2D eigenvalue weighted by molar-refractivity contribution is 5.73. The molecular weight excluding hydrogens is 232 g/mol. The standard InChI is InChI=1S/C13H24N2O3/c1-9-6-7-15(10(2)16)8-11(9)14-12(17)18-13(3,4)5/h9,11H,6-8H2,1-5H3,(H,14,17)/t9-,11+/m0/s1. The molecule has 0 unspecified atom stereocenters. The van der Waals surface area contributed by atoms with E-state index in [1.54, 1.807) is 11.8 Å². The Hall–Kier alpha value is -1.26. The highest BCUT2D eigenvalue weighted by Gasteiger charge is 2.29. The van der Waals surface area contributed by atoms with E-state index in [2.05, 4.69) is 12.2 Å². The SMILES string of the molecule is CC(=O)N1CC[C@H](C)[C@H](NC(=O)OC(C)(C)C)C1. The van der Waals surface area contributed by atoms with E-state index >= 15 is 0 Å². The van der Waals surface area contributed by atoms with Crippen LogP contribution in [0.5, 0.6) is 0 Å². The lowest BCUT2D eigenvalue weighted by Gasteiger charge is -2.37. The van der Waals surface area contributed by atoms with Crippen molar-refractivity contribution in [3.63, 3.8) is 0 Å². The van der Waals surface area contributed by atoms with Crippen molar-refractivity contribution < 1.29 is 14.3 Å². The van der Waals surface area contributed by atoms with E-state index in [-0.39, 0.29) is 11.9 Å². The number of carbonyl (C=O) groups is 2. The first-order chi connectivity index (χ1) is 8.19. The third-order valence-corrected chi connectivity index (χ3v) is 3.11. The van der Waals surface area contributed by atoms with Crippen molar-refractivity contribution in [2.24, 2.45) is 5.92 Å². The molecule has 2 atom stereocenters. The summed E-state index contributed by atoms with van der Waals surface area (Å²) in [4.78, 5) is 24.8. The fourth-order valence-corrected chi connectivity index (χ4v) is 2.00. The number of piperidine rings is 1. The summed E-state index contributed by atoms with van der Waals surface area (Å²) < 4.78 is 5.23. The Morgan fingerprint density at radius 1 is 1.33 bits per heavy atom. The van der Waals surface area contributed by atoms with E-state index in [0.29, 0.717) is 12.5 Å². The third kappa shape index (κ3) is 4.55. The van der Waals surface area contributed by atoms with Crippen LogP contribution in [0, 0.1) is 5.92 Å². The molecular formula is C13H24N2O3. The van der Waals surface area contributed by atoms with Gasteiger partial charge in [-0.25, -0.2) is 4.79 Å². The van der Waals surface area contributed by atoms with E-state index in [9.17, 15) is 9.59 Å².